The van der Waals surface area contributed by atoms with Crippen molar-refractivity contribution in [2.75, 3.05) is 0 Å². The summed E-state index contributed by atoms with van der Waals surface area (Å²) in [6.07, 6.45) is 7.93. The molecule has 1 amide bonds. The molecule has 0 radical (unpaired) electrons. The van der Waals surface area contributed by atoms with Crippen LogP contribution in [0.3, 0.4) is 0 Å². The summed E-state index contributed by atoms with van der Waals surface area (Å²) >= 11 is 12.4. The average molecular weight is 378 g/mol. The van der Waals surface area contributed by atoms with Gasteiger partial charge in [-0.05, 0) is 68.2 Å². The fraction of sp³-hybridized carbons (Fsp3) is 0.579. The summed E-state index contributed by atoms with van der Waals surface area (Å²) in [5.74, 6) is 0.448. The number of amides is 1. The van der Waals surface area contributed by atoms with Gasteiger partial charge in [0.25, 0.3) is 0 Å². The first-order valence-electron chi connectivity index (χ1n) is 9.00. The van der Waals surface area contributed by atoms with Crippen molar-refractivity contribution in [2.45, 2.75) is 62.6 Å². The van der Waals surface area contributed by atoms with Crippen LogP contribution in [-0.4, -0.2) is 28.9 Å². The van der Waals surface area contributed by atoms with Gasteiger partial charge in [-0.1, -0.05) is 23.2 Å². The number of carbonyl (C=O) groups is 1. The van der Waals surface area contributed by atoms with Crippen molar-refractivity contribution in [1.29, 1.82) is 5.26 Å². The van der Waals surface area contributed by atoms with Gasteiger partial charge in [0.2, 0.25) is 5.91 Å². The molecule has 1 aliphatic carbocycles. The summed E-state index contributed by atoms with van der Waals surface area (Å²) in [6, 6.07) is 6.19. The van der Waals surface area contributed by atoms with Crippen LogP contribution in [0.5, 0.6) is 0 Å². The van der Waals surface area contributed by atoms with E-state index < -0.39 is 0 Å². The van der Waals surface area contributed by atoms with Gasteiger partial charge in [-0.25, -0.2) is 0 Å². The van der Waals surface area contributed by atoms with Crippen LogP contribution >= 0.6 is 23.2 Å². The van der Waals surface area contributed by atoms with E-state index in [1.54, 1.807) is 6.07 Å². The largest absolute Gasteiger partial charge is 0.351 e. The SMILES string of the molecule is N#CN1[C@H]2CC[C@@H]1[C@H](NC(=O)[C@H]1CC[C@H](c3cc(Cl)ccc3Cl)C1)C2. The summed E-state index contributed by atoms with van der Waals surface area (Å²) in [5, 5.41) is 13.9. The maximum atomic E-state index is 12.7. The van der Waals surface area contributed by atoms with Gasteiger partial charge in [0, 0.05) is 22.0 Å². The number of hydrogen-bond acceptors (Lipinski definition) is 3. The van der Waals surface area contributed by atoms with E-state index in [0.717, 1.165) is 49.1 Å². The molecule has 4 rings (SSSR count). The molecule has 2 heterocycles. The molecule has 0 unspecified atom stereocenters. The number of benzene rings is 1. The highest BCUT2D eigenvalue weighted by Gasteiger charge is 2.47. The Morgan fingerprint density at radius 2 is 2.04 bits per heavy atom. The Morgan fingerprint density at radius 1 is 1.20 bits per heavy atom. The van der Waals surface area contributed by atoms with Crippen molar-refractivity contribution in [1.82, 2.24) is 10.2 Å². The molecule has 1 saturated carbocycles. The van der Waals surface area contributed by atoms with E-state index >= 15 is 0 Å². The minimum Gasteiger partial charge on any atom is -0.351 e. The minimum absolute atomic E-state index is 0.0229. The summed E-state index contributed by atoms with van der Waals surface area (Å²) in [6.45, 7) is 0. The van der Waals surface area contributed by atoms with Gasteiger partial charge < -0.3 is 10.2 Å². The molecule has 1 N–H and O–H groups in total. The molecule has 2 saturated heterocycles. The predicted octanol–water partition coefficient (Wildman–Crippen LogP) is 4.08. The van der Waals surface area contributed by atoms with E-state index in [1.807, 2.05) is 17.0 Å². The lowest BCUT2D eigenvalue weighted by molar-refractivity contribution is -0.125. The zero-order valence-corrected chi connectivity index (χ0v) is 15.4. The zero-order chi connectivity index (χ0) is 17.6. The van der Waals surface area contributed by atoms with E-state index in [2.05, 4.69) is 11.5 Å². The first-order chi connectivity index (χ1) is 12.1. The summed E-state index contributed by atoms with van der Waals surface area (Å²) in [4.78, 5) is 14.6. The predicted molar refractivity (Wildman–Crippen MR) is 97.4 cm³/mol. The Labute approximate surface area is 158 Å². The Balaban J connectivity index is 1.38. The quantitative estimate of drug-likeness (QED) is 0.807. The normalized spacial score (nSPS) is 33.5. The number of halogens is 2. The van der Waals surface area contributed by atoms with E-state index in [4.69, 9.17) is 23.2 Å². The first-order valence-corrected chi connectivity index (χ1v) is 9.76. The molecule has 2 aliphatic heterocycles. The van der Waals surface area contributed by atoms with Gasteiger partial charge in [0.05, 0.1) is 12.1 Å². The lowest BCUT2D eigenvalue weighted by Crippen LogP contribution is -2.45. The highest BCUT2D eigenvalue weighted by Crippen LogP contribution is 2.42. The van der Waals surface area contributed by atoms with Gasteiger partial charge in [0.15, 0.2) is 6.19 Å². The number of fused-ring (bicyclic) bond motifs is 2. The van der Waals surface area contributed by atoms with Gasteiger partial charge >= 0.3 is 0 Å². The lowest BCUT2D eigenvalue weighted by Gasteiger charge is -2.23. The Morgan fingerprint density at radius 3 is 2.80 bits per heavy atom. The third kappa shape index (κ3) is 3.09. The third-order valence-corrected chi connectivity index (χ3v) is 6.76. The molecule has 1 aromatic carbocycles. The molecule has 3 aliphatic rings. The molecule has 3 fully saturated rings. The fourth-order valence-corrected chi connectivity index (χ4v) is 5.38. The number of nitriles is 1. The molecule has 132 valence electrons. The second kappa shape index (κ2) is 6.70. The Bertz CT molecular complexity index is 732. The minimum atomic E-state index is 0.0229. The molecule has 25 heavy (non-hydrogen) atoms. The zero-order valence-electron chi connectivity index (χ0n) is 13.9. The molecular weight excluding hydrogens is 357 g/mol. The van der Waals surface area contributed by atoms with Crippen molar-refractivity contribution in [3.05, 3.63) is 33.8 Å². The van der Waals surface area contributed by atoms with Crippen molar-refractivity contribution in [3.63, 3.8) is 0 Å². The van der Waals surface area contributed by atoms with Crippen LogP contribution in [0.1, 0.15) is 50.0 Å². The highest BCUT2D eigenvalue weighted by atomic mass is 35.5. The first kappa shape index (κ1) is 17.0. The van der Waals surface area contributed by atoms with Crippen molar-refractivity contribution < 1.29 is 4.79 Å². The summed E-state index contributed by atoms with van der Waals surface area (Å²) in [5.41, 5.74) is 1.06. The van der Waals surface area contributed by atoms with Crippen LogP contribution in [0.15, 0.2) is 18.2 Å². The molecule has 5 atom stereocenters. The monoisotopic (exact) mass is 377 g/mol. The van der Waals surface area contributed by atoms with Crippen LogP contribution in [-0.2, 0) is 4.79 Å². The van der Waals surface area contributed by atoms with Crippen molar-refractivity contribution >= 4 is 29.1 Å². The van der Waals surface area contributed by atoms with E-state index in [0.29, 0.717) is 11.1 Å². The molecule has 4 nitrogen and oxygen atoms in total. The second-order valence-electron chi connectivity index (χ2n) is 7.53. The molecule has 0 aromatic heterocycles. The molecule has 0 spiro atoms. The topological polar surface area (TPSA) is 56.1 Å². The maximum Gasteiger partial charge on any atom is 0.223 e. The van der Waals surface area contributed by atoms with E-state index in [-0.39, 0.29) is 29.8 Å². The average Bonchev–Trinajstić information content (AvgIpc) is 3.30. The van der Waals surface area contributed by atoms with Crippen LogP contribution in [0.2, 0.25) is 10.0 Å². The lowest BCUT2D eigenvalue weighted by atomic mass is 9.93. The van der Waals surface area contributed by atoms with Gasteiger partial charge in [-0.3, -0.25) is 4.79 Å². The van der Waals surface area contributed by atoms with E-state index in [1.165, 1.54) is 0 Å². The summed E-state index contributed by atoms with van der Waals surface area (Å²) in [7, 11) is 0. The number of nitrogens with one attached hydrogen (secondary N) is 1. The molecule has 2 bridgehead atoms. The van der Waals surface area contributed by atoms with Crippen LogP contribution < -0.4 is 5.32 Å². The number of hydrogen-bond donors (Lipinski definition) is 1. The third-order valence-electron chi connectivity index (χ3n) is 6.18. The maximum absolute atomic E-state index is 12.7. The molecule has 1 aromatic rings. The van der Waals surface area contributed by atoms with Crippen molar-refractivity contribution in [3.8, 4) is 6.19 Å². The van der Waals surface area contributed by atoms with Gasteiger partial charge in [0.1, 0.15) is 0 Å². The fourth-order valence-electron chi connectivity index (χ4n) is 4.93. The summed E-state index contributed by atoms with van der Waals surface area (Å²) < 4.78 is 0. The molecule has 6 heteroatoms. The van der Waals surface area contributed by atoms with Crippen LogP contribution in [0.4, 0.5) is 0 Å². The Hall–Kier alpha value is -1.44. The standard InChI is InChI=1S/C19H21Cl2N3O/c20-13-3-5-16(21)15(8-13)11-1-2-12(7-11)19(25)23-17-9-14-4-6-18(17)24(14)10-22/h3,5,8,11-12,14,17-18H,1-2,4,6-7,9H2,(H,23,25)/t11-,12-,14-,17+,18+/m0/s1. The smallest absolute Gasteiger partial charge is 0.223 e. The molecular formula is C19H21Cl2N3O. The highest BCUT2D eigenvalue weighted by molar-refractivity contribution is 6.33. The number of carbonyl (C=O) groups excluding carboxylic acids is 1. The van der Waals surface area contributed by atoms with Gasteiger partial charge in [-0.2, -0.15) is 5.26 Å². The van der Waals surface area contributed by atoms with Crippen LogP contribution in [0, 0.1) is 17.4 Å². The van der Waals surface area contributed by atoms with Gasteiger partial charge in [-0.15, -0.1) is 0 Å². The van der Waals surface area contributed by atoms with Crippen molar-refractivity contribution in [2.24, 2.45) is 5.92 Å². The van der Waals surface area contributed by atoms with E-state index in [9.17, 15) is 10.1 Å². The number of nitrogens with zero attached hydrogens (tertiary/aromatic N) is 2. The van der Waals surface area contributed by atoms with Crippen LogP contribution in [0.25, 0.3) is 0 Å². The Kier molecular flexibility index (Phi) is 4.56. The number of rotatable bonds is 3. The second-order valence-corrected chi connectivity index (χ2v) is 8.37.